The van der Waals surface area contributed by atoms with Crippen molar-refractivity contribution < 1.29 is 14.3 Å². The maximum Gasteiger partial charge on any atom is 0.305 e. The van der Waals surface area contributed by atoms with Gasteiger partial charge < -0.3 is 10.4 Å². The molecule has 0 bridgehead atoms. The summed E-state index contributed by atoms with van der Waals surface area (Å²) in [5, 5.41) is 12.6. The summed E-state index contributed by atoms with van der Waals surface area (Å²) in [4.78, 5) is 11.1. The zero-order valence-electron chi connectivity index (χ0n) is 14.2. The molecule has 3 nitrogen and oxygen atoms in total. The topological polar surface area (TPSA) is 49.3 Å². The molecule has 1 atom stereocenters. The minimum Gasteiger partial charge on any atom is -0.481 e. The predicted molar refractivity (Wildman–Crippen MR) is 95.1 cm³/mol. The van der Waals surface area contributed by atoms with E-state index in [2.05, 4.69) is 5.32 Å². The van der Waals surface area contributed by atoms with Crippen LogP contribution in [0, 0.1) is 26.6 Å². The molecule has 24 heavy (non-hydrogen) atoms. The Balaban J connectivity index is 2.64. The van der Waals surface area contributed by atoms with Gasteiger partial charge in [-0.25, -0.2) is 4.39 Å². The lowest BCUT2D eigenvalue weighted by Gasteiger charge is -2.19. The third kappa shape index (κ3) is 3.77. The second-order valence-electron chi connectivity index (χ2n) is 6.05. The maximum atomic E-state index is 14.6. The first-order valence-corrected chi connectivity index (χ1v) is 8.08. The average Bonchev–Trinajstić information content (AvgIpc) is 2.47. The summed E-state index contributed by atoms with van der Waals surface area (Å²) in [5.41, 5.74) is 4.70. The normalized spacial score (nSPS) is 12.2. The largest absolute Gasteiger partial charge is 0.481 e. The highest BCUT2D eigenvalue weighted by molar-refractivity contribution is 6.30. The van der Waals surface area contributed by atoms with Crippen molar-refractivity contribution in [2.24, 2.45) is 0 Å². The molecule has 0 radical (unpaired) electrons. The van der Waals surface area contributed by atoms with Crippen molar-refractivity contribution in [1.82, 2.24) is 5.32 Å². The predicted octanol–water partition coefficient (Wildman–Crippen LogP) is 4.81. The van der Waals surface area contributed by atoms with Crippen LogP contribution in [0.5, 0.6) is 0 Å². The minimum atomic E-state index is -0.976. The SMILES string of the molecule is CN[C@@H](CC(=O)O)c1cc(-c2c(C)cc(Cl)cc2C)cc(C)c1F. The summed E-state index contributed by atoms with van der Waals surface area (Å²) in [7, 11) is 1.63. The van der Waals surface area contributed by atoms with Crippen LogP contribution in [0.2, 0.25) is 5.02 Å². The molecule has 0 amide bonds. The molecule has 5 heteroatoms. The number of aryl methyl sites for hydroxylation is 3. The van der Waals surface area contributed by atoms with E-state index in [9.17, 15) is 9.18 Å². The highest BCUT2D eigenvalue weighted by atomic mass is 35.5. The molecule has 0 aliphatic heterocycles. The van der Waals surface area contributed by atoms with E-state index in [1.54, 1.807) is 26.1 Å². The monoisotopic (exact) mass is 349 g/mol. The zero-order valence-corrected chi connectivity index (χ0v) is 15.0. The lowest BCUT2D eigenvalue weighted by atomic mass is 9.90. The third-order valence-electron chi connectivity index (χ3n) is 4.17. The van der Waals surface area contributed by atoms with Gasteiger partial charge in [-0.3, -0.25) is 4.79 Å². The Morgan fingerprint density at radius 2 is 1.75 bits per heavy atom. The summed E-state index contributed by atoms with van der Waals surface area (Å²) < 4.78 is 14.6. The van der Waals surface area contributed by atoms with Gasteiger partial charge in [-0.2, -0.15) is 0 Å². The van der Waals surface area contributed by atoms with Crippen molar-refractivity contribution in [2.75, 3.05) is 7.05 Å². The maximum absolute atomic E-state index is 14.6. The number of carboxylic acid groups (broad SMARTS) is 1. The van der Waals surface area contributed by atoms with E-state index in [0.29, 0.717) is 16.1 Å². The number of carboxylic acids is 1. The van der Waals surface area contributed by atoms with Crippen LogP contribution in [0.1, 0.15) is 34.7 Å². The van der Waals surface area contributed by atoms with Crippen molar-refractivity contribution in [1.29, 1.82) is 0 Å². The Hall–Kier alpha value is -1.91. The van der Waals surface area contributed by atoms with E-state index in [0.717, 1.165) is 22.3 Å². The van der Waals surface area contributed by atoms with E-state index < -0.39 is 12.0 Å². The molecule has 2 aromatic carbocycles. The van der Waals surface area contributed by atoms with Crippen LogP contribution in [0.15, 0.2) is 24.3 Å². The average molecular weight is 350 g/mol. The molecule has 2 aromatic rings. The molecular formula is C19H21ClFNO2. The summed E-state index contributed by atoms with van der Waals surface area (Å²) >= 11 is 6.09. The van der Waals surface area contributed by atoms with Crippen molar-refractivity contribution in [3.8, 4) is 11.1 Å². The van der Waals surface area contributed by atoms with Gasteiger partial charge in [0.05, 0.1) is 6.42 Å². The summed E-state index contributed by atoms with van der Waals surface area (Å²) in [6.45, 7) is 5.61. The summed E-state index contributed by atoms with van der Waals surface area (Å²) in [6.07, 6.45) is -0.186. The summed E-state index contributed by atoms with van der Waals surface area (Å²) in [6, 6.07) is 6.67. The van der Waals surface area contributed by atoms with E-state index in [4.69, 9.17) is 16.7 Å². The van der Waals surface area contributed by atoms with Crippen LogP contribution < -0.4 is 5.32 Å². The van der Waals surface area contributed by atoms with Crippen LogP contribution in [-0.4, -0.2) is 18.1 Å². The molecule has 0 aromatic heterocycles. The fourth-order valence-electron chi connectivity index (χ4n) is 3.10. The molecule has 0 heterocycles. The Labute approximate surface area is 146 Å². The Morgan fingerprint density at radius 3 is 2.25 bits per heavy atom. The van der Waals surface area contributed by atoms with Gasteiger partial charge in [0, 0.05) is 16.6 Å². The van der Waals surface area contributed by atoms with E-state index in [1.807, 2.05) is 26.0 Å². The van der Waals surface area contributed by atoms with E-state index in [-0.39, 0.29) is 12.2 Å². The molecule has 0 saturated carbocycles. The van der Waals surface area contributed by atoms with Gasteiger partial charge in [-0.05, 0) is 79.9 Å². The van der Waals surface area contributed by atoms with Crippen molar-refractivity contribution in [3.05, 3.63) is 57.4 Å². The fraction of sp³-hybridized carbons (Fsp3) is 0.316. The first-order valence-electron chi connectivity index (χ1n) is 7.70. The minimum absolute atomic E-state index is 0.186. The van der Waals surface area contributed by atoms with E-state index in [1.165, 1.54) is 0 Å². The standard InChI is InChI=1S/C19H21ClFNO2/c1-10-6-14(20)7-11(2)18(10)13-5-12(3)19(21)15(8-13)16(22-4)9-17(23)24/h5-8,16,22H,9H2,1-4H3,(H,23,24)/t16-/m0/s1. The highest BCUT2D eigenvalue weighted by Gasteiger charge is 2.21. The molecule has 2 N–H and O–H groups in total. The van der Waals surface area contributed by atoms with Crippen molar-refractivity contribution >= 4 is 17.6 Å². The number of benzene rings is 2. The second kappa shape index (κ2) is 7.32. The molecule has 0 unspecified atom stereocenters. The fourth-order valence-corrected chi connectivity index (χ4v) is 3.43. The van der Waals surface area contributed by atoms with Gasteiger partial charge in [0.15, 0.2) is 0 Å². The Bertz CT molecular complexity index is 766. The van der Waals surface area contributed by atoms with Crippen LogP contribution in [0.25, 0.3) is 11.1 Å². The molecule has 0 aliphatic rings. The van der Waals surface area contributed by atoms with Gasteiger partial charge in [0.25, 0.3) is 0 Å². The molecule has 0 spiro atoms. The van der Waals surface area contributed by atoms with Crippen LogP contribution >= 0.6 is 11.6 Å². The molecule has 0 aliphatic carbocycles. The summed E-state index contributed by atoms with van der Waals surface area (Å²) in [5.74, 6) is -1.35. The van der Waals surface area contributed by atoms with Gasteiger partial charge in [-0.15, -0.1) is 0 Å². The number of nitrogens with one attached hydrogen (secondary N) is 1. The second-order valence-corrected chi connectivity index (χ2v) is 6.49. The third-order valence-corrected chi connectivity index (χ3v) is 4.39. The Kier molecular flexibility index (Phi) is 5.62. The number of carbonyl (C=O) groups is 1. The number of hydrogen-bond acceptors (Lipinski definition) is 2. The molecular weight excluding hydrogens is 329 g/mol. The first kappa shape index (κ1) is 18.4. The first-order chi connectivity index (χ1) is 11.2. The smallest absolute Gasteiger partial charge is 0.305 e. The van der Waals surface area contributed by atoms with Gasteiger partial charge in [0.1, 0.15) is 5.82 Å². The molecule has 2 rings (SSSR count). The van der Waals surface area contributed by atoms with Crippen LogP contribution in [-0.2, 0) is 4.79 Å². The number of halogens is 2. The Morgan fingerprint density at radius 1 is 1.17 bits per heavy atom. The van der Waals surface area contributed by atoms with Crippen molar-refractivity contribution in [3.63, 3.8) is 0 Å². The van der Waals surface area contributed by atoms with Gasteiger partial charge in [0.2, 0.25) is 0 Å². The number of hydrogen-bond donors (Lipinski definition) is 2. The zero-order chi connectivity index (χ0) is 18.0. The number of aliphatic carboxylic acids is 1. The molecule has 128 valence electrons. The lowest BCUT2D eigenvalue weighted by Crippen LogP contribution is -2.21. The quantitative estimate of drug-likeness (QED) is 0.814. The number of rotatable bonds is 5. The van der Waals surface area contributed by atoms with Crippen LogP contribution in [0.3, 0.4) is 0 Å². The molecule has 0 fully saturated rings. The van der Waals surface area contributed by atoms with Crippen molar-refractivity contribution in [2.45, 2.75) is 33.2 Å². The lowest BCUT2D eigenvalue weighted by molar-refractivity contribution is -0.137. The van der Waals surface area contributed by atoms with Crippen LogP contribution in [0.4, 0.5) is 4.39 Å². The highest BCUT2D eigenvalue weighted by Crippen LogP contribution is 2.34. The molecule has 0 saturated heterocycles. The van der Waals surface area contributed by atoms with Gasteiger partial charge in [-0.1, -0.05) is 11.6 Å². The van der Waals surface area contributed by atoms with Gasteiger partial charge >= 0.3 is 5.97 Å². The van der Waals surface area contributed by atoms with E-state index >= 15 is 0 Å².